The minimum Gasteiger partial charge on any atom is -0.481 e. The van der Waals surface area contributed by atoms with Gasteiger partial charge in [0.25, 0.3) is 0 Å². The summed E-state index contributed by atoms with van der Waals surface area (Å²) in [6, 6.07) is 7.99. The molecular formula is C15H20ClNO2. The molecule has 1 aliphatic rings. The lowest BCUT2D eigenvalue weighted by Gasteiger charge is -2.29. The number of nitrogens with zero attached hydrogens (tertiary/aromatic N) is 1. The van der Waals surface area contributed by atoms with Crippen molar-refractivity contribution in [3.05, 3.63) is 34.9 Å². The number of piperidine rings is 1. The molecule has 0 aliphatic carbocycles. The Morgan fingerprint density at radius 1 is 1.26 bits per heavy atom. The van der Waals surface area contributed by atoms with Gasteiger partial charge in [-0.15, -0.1) is 0 Å². The summed E-state index contributed by atoms with van der Waals surface area (Å²) in [6.45, 7) is 2.88. The first-order valence-electron chi connectivity index (χ1n) is 6.85. The number of halogens is 1. The third-order valence-electron chi connectivity index (χ3n) is 3.79. The summed E-state index contributed by atoms with van der Waals surface area (Å²) in [6.07, 6.45) is 3.74. The molecule has 0 amide bonds. The number of likely N-dealkylation sites (tertiary alicyclic amines) is 1. The second-order valence-electron chi connectivity index (χ2n) is 5.18. The lowest BCUT2D eigenvalue weighted by molar-refractivity contribution is -0.143. The molecule has 0 unspecified atom stereocenters. The molecule has 104 valence electrons. The van der Waals surface area contributed by atoms with Crippen LogP contribution in [-0.4, -0.2) is 35.6 Å². The van der Waals surface area contributed by atoms with Crippen LogP contribution in [0.5, 0.6) is 0 Å². The van der Waals surface area contributed by atoms with E-state index in [0.717, 1.165) is 50.3 Å². The van der Waals surface area contributed by atoms with Gasteiger partial charge in [0, 0.05) is 5.02 Å². The molecule has 0 aromatic heterocycles. The number of carboxylic acid groups (broad SMARTS) is 1. The Kier molecular flexibility index (Phi) is 5.23. The van der Waals surface area contributed by atoms with Crippen LogP contribution in [0.3, 0.4) is 0 Å². The second kappa shape index (κ2) is 6.92. The van der Waals surface area contributed by atoms with Gasteiger partial charge in [-0.25, -0.2) is 0 Å². The average Bonchev–Trinajstić information content (AvgIpc) is 2.41. The van der Waals surface area contributed by atoms with Crippen LogP contribution in [0.15, 0.2) is 24.3 Å². The molecule has 0 spiro atoms. The quantitative estimate of drug-likeness (QED) is 0.902. The molecule has 0 radical (unpaired) electrons. The molecule has 1 aromatic rings. The summed E-state index contributed by atoms with van der Waals surface area (Å²) in [4.78, 5) is 13.2. The lowest BCUT2D eigenvalue weighted by atomic mass is 9.97. The Bertz CT molecular complexity index is 411. The minimum atomic E-state index is -0.638. The zero-order valence-corrected chi connectivity index (χ0v) is 11.8. The Balaban J connectivity index is 1.67. The molecule has 1 saturated heterocycles. The molecule has 1 aliphatic heterocycles. The maximum absolute atomic E-state index is 10.9. The molecule has 19 heavy (non-hydrogen) atoms. The van der Waals surface area contributed by atoms with E-state index in [1.807, 2.05) is 12.1 Å². The van der Waals surface area contributed by atoms with Gasteiger partial charge < -0.3 is 10.0 Å². The van der Waals surface area contributed by atoms with Crippen LogP contribution in [0, 0.1) is 5.92 Å². The molecule has 1 aromatic carbocycles. The SMILES string of the molecule is O=C(O)C1CCN(CCCc2ccc(Cl)cc2)CC1. The number of carbonyl (C=O) groups is 1. The van der Waals surface area contributed by atoms with Crippen molar-refractivity contribution in [3.8, 4) is 0 Å². The first-order chi connectivity index (χ1) is 9.15. The summed E-state index contributed by atoms with van der Waals surface area (Å²) in [5, 5.41) is 9.72. The molecule has 0 saturated carbocycles. The van der Waals surface area contributed by atoms with Crippen LogP contribution in [0.1, 0.15) is 24.8 Å². The Hall–Kier alpha value is -1.06. The largest absolute Gasteiger partial charge is 0.481 e. The summed E-state index contributed by atoms with van der Waals surface area (Å²) in [7, 11) is 0. The van der Waals surface area contributed by atoms with Crippen molar-refractivity contribution < 1.29 is 9.90 Å². The van der Waals surface area contributed by atoms with Crippen molar-refractivity contribution in [2.45, 2.75) is 25.7 Å². The normalized spacial score (nSPS) is 17.5. The van der Waals surface area contributed by atoms with Gasteiger partial charge >= 0.3 is 5.97 Å². The molecule has 4 heteroatoms. The maximum atomic E-state index is 10.9. The zero-order chi connectivity index (χ0) is 13.7. The molecule has 1 heterocycles. The van der Waals surface area contributed by atoms with Gasteiger partial charge in [-0.05, 0) is 63.0 Å². The topological polar surface area (TPSA) is 40.5 Å². The predicted octanol–water partition coefficient (Wildman–Crippen LogP) is 3.07. The first-order valence-corrected chi connectivity index (χ1v) is 7.22. The first kappa shape index (κ1) is 14.4. The van der Waals surface area contributed by atoms with Crippen LogP contribution >= 0.6 is 11.6 Å². The third-order valence-corrected chi connectivity index (χ3v) is 4.04. The van der Waals surface area contributed by atoms with Crippen LogP contribution in [0.25, 0.3) is 0 Å². The molecule has 1 fully saturated rings. The highest BCUT2D eigenvalue weighted by Gasteiger charge is 2.23. The van der Waals surface area contributed by atoms with Gasteiger partial charge in [0.2, 0.25) is 0 Å². The Labute approximate surface area is 119 Å². The van der Waals surface area contributed by atoms with E-state index in [9.17, 15) is 4.79 Å². The predicted molar refractivity (Wildman–Crippen MR) is 76.6 cm³/mol. The van der Waals surface area contributed by atoms with Gasteiger partial charge in [-0.3, -0.25) is 4.79 Å². The van der Waals surface area contributed by atoms with E-state index in [1.165, 1.54) is 5.56 Å². The smallest absolute Gasteiger partial charge is 0.306 e. The molecule has 0 atom stereocenters. The van der Waals surface area contributed by atoms with Crippen molar-refractivity contribution in [1.29, 1.82) is 0 Å². The van der Waals surface area contributed by atoms with E-state index in [-0.39, 0.29) is 5.92 Å². The van der Waals surface area contributed by atoms with Crippen LogP contribution in [0.2, 0.25) is 5.02 Å². The van der Waals surface area contributed by atoms with Crippen LogP contribution < -0.4 is 0 Å². The number of benzene rings is 1. The fraction of sp³-hybridized carbons (Fsp3) is 0.533. The van der Waals surface area contributed by atoms with E-state index in [1.54, 1.807) is 0 Å². The van der Waals surface area contributed by atoms with Gasteiger partial charge in [0.15, 0.2) is 0 Å². The molecule has 1 N–H and O–H groups in total. The van der Waals surface area contributed by atoms with Crippen molar-refractivity contribution >= 4 is 17.6 Å². The number of carboxylic acids is 1. The van der Waals surface area contributed by atoms with E-state index >= 15 is 0 Å². The molecule has 3 nitrogen and oxygen atoms in total. The second-order valence-corrected chi connectivity index (χ2v) is 5.62. The van der Waals surface area contributed by atoms with Gasteiger partial charge in [-0.2, -0.15) is 0 Å². The Morgan fingerprint density at radius 2 is 1.89 bits per heavy atom. The minimum absolute atomic E-state index is 0.132. The van der Waals surface area contributed by atoms with Crippen molar-refractivity contribution in [2.75, 3.05) is 19.6 Å². The van der Waals surface area contributed by atoms with Crippen molar-refractivity contribution in [3.63, 3.8) is 0 Å². The van der Waals surface area contributed by atoms with Crippen molar-refractivity contribution in [2.24, 2.45) is 5.92 Å². The third kappa shape index (κ3) is 4.51. The zero-order valence-electron chi connectivity index (χ0n) is 11.0. The summed E-state index contributed by atoms with van der Waals surface area (Å²) in [5.74, 6) is -0.770. The summed E-state index contributed by atoms with van der Waals surface area (Å²) in [5.41, 5.74) is 1.31. The fourth-order valence-electron chi connectivity index (χ4n) is 2.56. The van der Waals surface area contributed by atoms with Crippen LogP contribution in [0.4, 0.5) is 0 Å². The summed E-state index contributed by atoms with van der Waals surface area (Å²) < 4.78 is 0. The van der Waals surface area contributed by atoms with Gasteiger partial charge in [0.05, 0.1) is 5.92 Å². The number of hydrogen-bond donors (Lipinski definition) is 1. The van der Waals surface area contributed by atoms with E-state index in [0.29, 0.717) is 0 Å². The van der Waals surface area contributed by atoms with E-state index in [4.69, 9.17) is 16.7 Å². The number of rotatable bonds is 5. The monoisotopic (exact) mass is 281 g/mol. The van der Waals surface area contributed by atoms with E-state index < -0.39 is 5.97 Å². The average molecular weight is 282 g/mol. The maximum Gasteiger partial charge on any atom is 0.306 e. The van der Waals surface area contributed by atoms with Crippen LogP contribution in [-0.2, 0) is 11.2 Å². The van der Waals surface area contributed by atoms with E-state index in [2.05, 4.69) is 17.0 Å². The lowest BCUT2D eigenvalue weighted by Crippen LogP contribution is -2.36. The molecular weight excluding hydrogens is 262 g/mol. The highest BCUT2D eigenvalue weighted by Crippen LogP contribution is 2.18. The number of aryl methyl sites for hydroxylation is 1. The highest BCUT2D eigenvalue weighted by atomic mass is 35.5. The highest BCUT2D eigenvalue weighted by molar-refractivity contribution is 6.30. The fourth-order valence-corrected chi connectivity index (χ4v) is 2.69. The summed E-state index contributed by atoms with van der Waals surface area (Å²) >= 11 is 5.85. The molecule has 0 bridgehead atoms. The standard InChI is InChI=1S/C15H20ClNO2/c16-14-5-3-12(4-6-14)2-1-9-17-10-7-13(8-11-17)15(18)19/h3-6,13H,1-2,7-11H2,(H,18,19). The molecule has 2 rings (SSSR count). The van der Waals surface area contributed by atoms with Gasteiger partial charge in [-0.1, -0.05) is 23.7 Å². The van der Waals surface area contributed by atoms with Gasteiger partial charge in [0.1, 0.15) is 0 Å². The number of hydrogen-bond acceptors (Lipinski definition) is 2. The van der Waals surface area contributed by atoms with Crippen molar-refractivity contribution in [1.82, 2.24) is 4.90 Å². The number of aliphatic carboxylic acids is 1. The Morgan fingerprint density at radius 3 is 2.47 bits per heavy atom.